The van der Waals surface area contributed by atoms with Crippen molar-refractivity contribution in [3.05, 3.63) is 82.4 Å². The first-order chi connectivity index (χ1) is 19.4. The van der Waals surface area contributed by atoms with Gasteiger partial charge in [0.15, 0.2) is 0 Å². The fourth-order valence-corrected chi connectivity index (χ4v) is 4.07. The number of amides is 1. The lowest BCUT2D eigenvalue weighted by Crippen LogP contribution is -2.45. The third kappa shape index (κ3) is 8.06. The molecule has 0 bridgehead atoms. The molecule has 0 radical (unpaired) electrons. The van der Waals surface area contributed by atoms with Crippen LogP contribution in [0.5, 0.6) is 0 Å². The average Bonchev–Trinajstić information content (AvgIpc) is 3.36. The molecule has 0 aliphatic rings. The molecule has 1 atom stereocenters. The molecule has 0 aliphatic heterocycles. The molecule has 0 spiro atoms. The molecule has 2 heterocycles. The zero-order valence-corrected chi connectivity index (χ0v) is 22.2. The van der Waals surface area contributed by atoms with Crippen LogP contribution in [0.1, 0.15) is 30.4 Å². The van der Waals surface area contributed by atoms with Crippen LogP contribution in [0.25, 0.3) is 11.0 Å². The number of aryl methyl sites for hydroxylation is 1. The van der Waals surface area contributed by atoms with E-state index in [0.717, 1.165) is 48.4 Å². The summed E-state index contributed by atoms with van der Waals surface area (Å²) in [4.78, 5) is 48.2. The molecule has 4 aromatic rings. The van der Waals surface area contributed by atoms with Crippen molar-refractivity contribution in [2.45, 2.75) is 45.4 Å². The van der Waals surface area contributed by atoms with Crippen LogP contribution in [0.15, 0.2) is 65.6 Å². The highest BCUT2D eigenvalue weighted by molar-refractivity contribution is 5.80. The first kappa shape index (κ1) is 28.1. The smallest absolute Gasteiger partial charge is 0.408 e. The predicted octanol–water partition coefficient (Wildman–Crippen LogP) is 3.50. The van der Waals surface area contributed by atoms with Crippen molar-refractivity contribution in [2.75, 3.05) is 23.7 Å². The summed E-state index contributed by atoms with van der Waals surface area (Å²) < 4.78 is 6.27. The highest BCUT2D eigenvalue weighted by atomic mass is 16.5. The van der Waals surface area contributed by atoms with Crippen LogP contribution in [0.4, 0.5) is 16.6 Å². The molecule has 0 saturated heterocycles. The van der Waals surface area contributed by atoms with Gasteiger partial charge in [-0.25, -0.2) is 19.4 Å². The number of carboxylic acid groups (broad SMARTS) is 1. The second-order valence-corrected chi connectivity index (χ2v) is 9.32. The van der Waals surface area contributed by atoms with Gasteiger partial charge in [0.05, 0.1) is 17.6 Å². The highest BCUT2D eigenvalue weighted by Gasteiger charge is 2.22. The van der Waals surface area contributed by atoms with Crippen molar-refractivity contribution in [1.82, 2.24) is 24.8 Å². The van der Waals surface area contributed by atoms with E-state index in [1.54, 1.807) is 31.2 Å². The number of alkyl carbamates (subject to hydrolysis) is 1. The summed E-state index contributed by atoms with van der Waals surface area (Å²) in [5.74, 6) is -0.0916. The molecule has 210 valence electrons. The summed E-state index contributed by atoms with van der Waals surface area (Å²) in [6.45, 7) is 2.90. The molecule has 5 N–H and O–H groups in total. The van der Waals surface area contributed by atoms with E-state index in [2.05, 4.69) is 30.9 Å². The number of benzene rings is 2. The minimum absolute atomic E-state index is 0.00219. The Labute approximate surface area is 230 Å². The van der Waals surface area contributed by atoms with Crippen molar-refractivity contribution in [2.24, 2.45) is 0 Å². The molecule has 0 aliphatic carbocycles. The van der Waals surface area contributed by atoms with Crippen molar-refractivity contribution < 1.29 is 19.4 Å². The van der Waals surface area contributed by atoms with Gasteiger partial charge in [-0.2, -0.15) is 4.98 Å². The van der Waals surface area contributed by atoms with Crippen molar-refractivity contribution in [1.29, 1.82) is 0 Å². The summed E-state index contributed by atoms with van der Waals surface area (Å²) in [6.07, 6.45) is 3.43. The Balaban J connectivity index is 1.19. The van der Waals surface area contributed by atoms with E-state index in [4.69, 9.17) is 4.74 Å². The minimum atomic E-state index is -1.37. The molecule has 4 rings (SSSR count). The summed E-state index contributed by atoms with van der Waals surface area (Å²) in [5.41, 5.74) is 2.75. The number of hydrogen-bond acceptors (Lipinski definition) is 8. The summed E-state index contributed by atoms with van der Waals surface area (Å²) in [7, 11) is 0. The van der Waals surface area contributed by atoms with Crippen LogP contribution in [0.3, 0.4) is 0 Å². The van der Waals surface area contributed by atoms with E-state index < -0.39 is 23.8 Å². The molecular formula is C28H33N7O5. The number of aliphatic carboxylic acids is 1. The standard InChI is InChI=1S/C28H33N7O5/c1-19-16-35(17-23(25(36)37)33-28(39)40-18-20-10-4-2-5-11-20)27(38)34-24(19)29-14-8-3-9-15-30-26-31-21-12-6-7-13-22(21)32-26/h2,4-7,10-13,16,23H,3,8-9,14-15,17-18H2,1H3,(H,33,39)(H,36,37)(H,29,34,38)(H2,30,31,32)/t23-/m0/s1. The number of H-pyrrole nitrogens is 1. The number of carboxylic acids is 1. The molecule has 2 aromatic heterocycles. The number of carbonyl (C=O) groups is 2. The maximum absolute atomic E-state index is 12.6. The number of hydrogen-bond donors (Lipinski definition) is 5. The van der Waals surface area contributed by atoms with Gasteiger partial charge in [-0.05, 0) is 43.9 Å². The van der Waals surface area contributed by atoms with Crippen molar-refractivity contribution >= 4 is 34.9 Å². The van der Waals surface area contributed by atoms with E-state index in [1.807, 2.05) is 30.3 Å². The van der Waals surface area contributed by atoms with Gasteiger partial charge < -0.3 is 30.8 Å². The first-order valence-electron chi connectivity index (χ1n) is 13.1. The molecule has 0 saturated carbocycles. The van der Waals surface area contributed by atoms with Crippen molar-refractivity contribution in [3.8, 4) is 0 Å². The molecule has 40 heavy (non-hydrogen) atoms. The summed E-state index contributed by atoms with van der Waals surface area (Å²) >= 11 is 0. The fraction of sp³-hybridized carbons (Fsp3) is 0.321. The molecular weight excluding hydrogens is 514 g/mol. The number of unbranched alkanes of at least 4 members (excludes halogenated alkanes) is 2. The van der Waals surface area contributed by atoms with E-state index in [9.17, 15) is 19.5 Å². The lowest BCUT2D eigenvalue weighted by Gasteiger charge is -2.17. The van der Waals surface area contributed by atoms with Gasteiger partial charge >= 0.3 is 17.8 Å². The van der Waals surface area contributed by atoms with E-state index in [0.29, 0.717) is 17.9 Å². The summed E-state index contributed by atoms with van der Waals surface area (Å²) in [6, 6.07) is 15.5. The number of rotatable bonds is 14. The summed E-state index contributed by atoms with van der Waals surface area (Å²) in [5, 5.41) is 18.3. The van der Waals surface area contributed by atoms with E-state index in [-0.39, 0.29) is 13.2 Å². The first-order valence-corrected chi connectivity index (χ1v) is 13.1. The van der Waals surface area contributed by atoms with Crippen LogP contribution in [0.2, 0.25) is 0 Å². The van der Waals surface area contributed by atoms with Crippen LogP contribution >= 0.6 is 0 Å². The Bertz CT molecular complexity index is 1450. The normalized spacial score (nSPS) is 11.6. The monoisotopic (exact) mass is 547 g/mol. The van der Waals surface area contributed by atoms with E-state index in [1.165, 1.54) is 10.8 Å². The topological polar surface area (TPSA) is 163 Å². The number of ether oxygens (including phenoxy) is 1. The number of nitrogens with zero attached hydrogens (tertiary/aromatic N) is 3. The maximum Gasteiger partial charge on any atom is 0.408 e. The van der Waals surface area contributed by atoms with Gasteiger partial charge in [-0.3, -0.25) is 4.57 Å². The predicted molar refractivity (Wildman–Crippen MR) is 151 cm³/mol. The number of fused-ring (bicyclic) bond motifs is 1. The van der Waals surface area contributed by atoms with Gasteiger partial charge in [0.25, 0.3) is 0 Å². The van der Waals surface area contributed by atoms with Crippen LogP contribution in [-0.2, 0) is 22.7 Å². The Kier molecular flexibility index (Phi) is 9.70. The quantitative estimate of drug-likeness (QED) is 0.149. The molecule has 0 fully saturated rings. The van der Waals surface area contributed by atoms with Crippen LogP contribution in [0, 0.1) is 6.92 Å². The molecule has 12 nitrogen and oxygen atoms in total. The second kappa shape index (κ2) is 13.8. The SMILES string of the molecule is Cc1cn(C[C@H](NC(=O)OCc2ccccc2)C(=O)O)c(=O)nc1NCCCCCNc1nc2ccccc2[nH]1. The number of aromatic amines is 1. The van der Waals surface area contributed by atoms with Gasteiger partial charge in [0.1, 0.15) is 18.5 Å². The molecule has 12 heteroatoms. The van der Waals surface area contributed by atoms with E-state index >= 15 is 0 Å². The van der Waals surface area contributed by atoms with Gasteiger partial charge in [0, 0.05) is 24.8 Å². The molecule has 2 aromatic carbocycles. The van der Waals surface area contributed by atoms with Crippen LogP contribution in [-0.4, -0.2) is 55.8 Å². The lowest BCUT2D eigenvalue weighted by atomic mass is 10.2. The highest BCUT2D eigenvalue weighted by Crippen LogP contribution is 2.13. The Hall–Kier alpha value is -4.87. The fourth-order valence-electron chi connectivity index (χ4n) is 4.07. The lowest BCUT2D eigenvalue weighted by molar-refractivity contribution is -0.139. The average molecular weight is 548 g/mol. The Morgan fingerprint density at radius 2 is 1.73 bits per heavy atom. The number of aromatic nitrogens is 4. The largest absolute Gasteiger partial charge is 0.480 e. The third-order valence-electron chi connectivity index (χ3n) is 6.19. The minimum Gasteiger partial charge on any atom is -0.480 e. The number of anilines is 2. The van der Waals surface area contributed by atoms with Crippen LogP contribution < -0.4 is 21.6 Å². The maximum atomic E-state index is 12.6. The molecule has 1 amide bonds. The van der Waals surface area contributed by atoms with Gasteiger partial charge in [-0.15, -0.1) is 0 Å². The molecule has 0 unspecified atom stereocenters. The number of para-hydroxylation sites is 2. The zero-order valence-electron chi connectivity index (χ0n) is 22.2. The number of imidazole rings is 1. The van der Waals surface area contributed by atoms with Crippen molar-refractivity contribution in [3.63, 3.8) is 0 Å². The zero-order chi connectivity index (χ0) is 28.3. The third-order valence-corrected chi connectivity index (χ3v) is 6.19. The second-order valence-electron chi connectivity index (χ2n) is 9.32. The Morgan fingerprint density at radius 3 is 2.48 bits per heavy atom. The van der Waals surface area contributed by atoms with Gasteiger partial charge in [0.2, 0.25) is 5.95 Å². The Morgan fingerprint density at radius 1 is 1.00 bits per heavy atom. The number of carbonyl (C=O) groups excluding carboxylic acids is 1. The number of nitrogens with one attached hydrogen (secondary N) is 4. The van der Waals surface area contributed by atoms with Gasteiger partial charge in [-0.1, -0.05) is 42.5 Å².